The van der Waals surface area contributed by atoms with Crippen molar-refractivity contribution >= 4 is 34.2 Å². The Hall–Kier alpha value is -1.56. The third-order valence-corrected chi connectivity index (χ3v) is 4.75. The first-order valence-corrected chi connectivity index (χ1v) is 7.35. The second-order valence-electron chi connectivity index (χ2n) is 4.79. The Morgan fingerprint density at radius 2 is 1.80 bits per heavy atom. The van der Waals surface area contributed by atoms with E-state index in [0.29, 0.717) is 16.8 Å². The Morgan fingerprint density at radius 3 is 2.50 bits per heavy atom. The lowest BCUT2D eigenvalue weighted by Gasteiger charge is -2.12. The molecule has 2 N–H and O–H groups in total. The Kier molecular flexibility index (Phi) is 4.32. The van der Waals surface area contributed by atoms with Crippen molar-refractivity contribution in [1.29, 1.82) is 0 Å². The molecule has 0 aromatic heterocycles. The average Bonchev–Trinajstić information content (AvgIpc) is 2.42. The van der Waals surface area contributed by atoms with Gasteiger partial charge in [-0.3, -0.25) is 4.79 Å². The smallest absolute Gasteiger partial charge is 0.256 e. The predicted octanol–water partition coefficient (Wildman–Crippen LogP) is 4.17. The fourth-order valence-corrected chi connectivity index (χ4v) is 2.59. The van der Waals surface area contributed by atoms with Crippen molar-refractivity contribution in [2.24, 2.45) is 0 Å². The molecule has 1 amide bonds. The fourth-order valence-electron chi connectivity index (χ4n) is 1.98. The number of aryl methyl sites for hydroxylation is 2. The second-order valence-corrected chi connectivity index (χ2v) is 5.87. The third-order valence-electron chi connectivity index (χ3n) is 3.32. The quantitative estimate of drug-likeness (QED) is 0.768. The van der Waals surface area contributed by atoms with Gasteiger partial charge in [0.1, 0.15) is 5.75 Å². The van der Waals surface area contributed by atoms with E-state index in [1.54, 1.807) is 19.1 Å². The van der Waals surface area contributed by atoms with E-state index in [0.717, 1.165) is 14.7 Å². The van der Waals surface area contributed by atoms with Crippen LogP contribution in [0.3, 0.4) is 0 Å². The van der Waals surface area contributed by atoms with Crippen molar-refractivity contribution < 1.29 is 9.90 Å². The molecule has 0 heterocycles. The van der Waals surface area contributed by atoms with Gasteiger partial charge >= 0.3 is 0 Å². The maximum atomic E-state index is 12.3. The summed E-state index contributed by atoms with van der Waals surface area (Å²) >= 11 is 2.17. The van der Waals surface area contributed by atoms with Gasteiger partial charge < -0.3 is 10.4 Å². The number of rotatable bonds is 2. The molecular weight excluding hydrogens is 365 g/mol. The van der Waals surface area contributed by atoms with Crippen LogP contribution in [0.4, 0.5) is 5.69 Å². The standard InChI is InChI=1S/C16H16INO2/c1-9-5-4-6-12(14(9)17)16(20)18-13-8-7-10(2)15(19)11(13)3/h4-8,19H,1-3H3,(H,18,20). The molecule has 0 saturated carbocycles. The van der Waals surface area contributed by atoms with Gasteiger partial charge in [0, 0.05) is 14.8 Å². The number of carbonyl (C=O) groups excluding carboxylic acids is 1. The summed E-state index contributed by atoms with van der Waals surface area (Å²) < 4.78 is 0.941. The molecule has 3 nitrogen and oxygen atoms in total. The molecule has 0 aliphatic carbocycles. The van der Waals surface area contributed by atoms with E-state index in [-0.39, 0.29) is 11.7 Å². The summed E-state index contributed by atoms with van der Waals surface area (Å²) in [6.45, 7) is 5.60. The van der Waals surface area contributed by atoms with Gasteiger partial charge in [-0.05, 0) is 66.6 Å². The van der Waals surface area contributed by atoms with Crippen LogP contribution < -0.4 is 5.32 Å². The van der Waals surface area contributed by atoms with E-state index in [1.807, 2.05) is 32.0 Å². The van der Waals surface area contributed by atoms with Crippen molar-refractivity contribution in [3.05, 3.63) is 56.2 Å². The predicted molar refractivity (Wildman–Crippen MR) is 89.4 cm³/mol. The number of halogens is 1. The largest absolute Gasteiger partial charge is 0.507 e. The highest BCUT2D eigenvalue weighted by atomic mass is 127. The van der Waals surface area contributed by atoms with E-state index < -0.39 is 0 Å². The Labute approximate surface area is 132 Å². The van der Waals surface area contributed by atoms with Gasteiger partial charge in [-0.1, -0.05) is 18.2 Å². The topological polar surface area (TPSA) is 49.3 Å². The maximum Gasteiger partial charge on any atom is 0.256 e. The summed E-state index contributed by atoms with van der Waals surface area (Å²) in [5.41, 5.74) is 3.83. The lowest BCUT2D eigenvalue weighted by Crippen LogP contribution is -2.14. The Bertz CT molecular complexity index is 680. The second kappa shape index (κ2) is 5.83. The van der Waals surface area contributed by atoms with Gasteiger partial charge in [0.05, 0.1) is 5.56 Å². The Morgan fingerprint density at radius 1 is 1.10 bits per heavy atom. The molecule has 0 radical (unpaired) electrons. The number of benzene rings is 2. The number of hydrogen-bond acceptors (Lipinski definition) is 2. The highest BCUT2D eigenvalue weighted by Crippen LogP contribution is 2.28. The molecule has 104 valence electrons. The average molecular weight is 381 g/mol. The molecule has 0 saturated heterocycles. The number of carbonyl (C=O) groups is 1. The molecule has 4 heteroatoms. The zero-order valence-electron chi connectivity index (χ0n) is 11.6. The number of nitrogens with one attached hydrogen (secondary N) is 1. The highest BCUT2D eigenvalue weighted by molar-refractivity contribution is 14.1. The van der Waals surface area contributed by atoms with Gasteiger partial charge in [0.25, 0.3) is 5.91 Å². The SMILES string of the molecule is Cc1ccc(NC(=O)c2cccc(C)c2I)c(C)c1O. The molecule has 0 aliphatic rings. The molecular formula is C16H16INO2. The van der Waals surface area contributed by atoms with Crippen LogP contribution in [0, 0.1) is 24.3 Å². The van der Waals surface area contributed by atoms with Crippen molar-refractivity contribution in [3.63, 3.8) is 0 Å². The van der Waals surface area contributed by atoms with Crippen molar-refractivity contribution in [1.82, 2.24) is 0 Å². The van der Waals surface area contributed by atoms with Crippen LogP contribution in [0.15, 0.2) is 30.3 Å². The molecule has 0 spiro atoms. The van der Waals surface area contributed by atoms with Crippen LogP contribution in [0.25, 0.3) is 0 Å². The molecule has 20 heavy (non-hydrogen) atoms. The van der Waals surface area contributed by atoms with Crippen LogP contribution >= 0.6 is 22.6 Å². The minimum atomic E-state index is -0.163. The van der Waals surface area contributed by atoms with Gasteiger partial charge in [-0.15, -0.1) is 0 Å². The van der Waals surface area contributed by atoms with E-state index >= 15 is 0 Å². The molecule has 0 fully saturated rings. The van der Waals surface area contributed by atoms with E-state index in [2.05, 4.69) is 27.9 Å². The van der Waals surface area contributed by atoms with Crippen molar-refractivity contribution in [2.75, 3.05) is 5.32 Å². The zero-order chi connectivity index (χ0) is 14.9. The summed E-state index contributed by atoms with van der Waals surface area (Å²) in [4.78, 5) is 12.3. The first-order chi connectivity index (χ1) is 9.41. The molecule has 0 atom stereocenters. The van der Waals surface area contributed by atoms with Gasteiger partial charge in [-0.25, -0.2) is 0 Å². The van der Waals surface area contributed by atoms with E-state index in [1.165, 1.54) is 0 Å². The zero-order valence-corrected chi connectivity index (χ0v) is 13.8. The fraction of sp³-hybridized carbons (Fsp3) is 0.188. The number of phenols is 1. The number of hydrogen-bond donors (Lipinski definition) is 2. The molecule has 2 rings (SSSR count). The minimum Gasteiger partial charge on any atom is -0.507 e. The molecule has 0 aliphatic heterocycles. The summed E-state index contributed by atoms with van der Waals surface area (Å²) in [6.07, 6.45) is 0. The Balaban J connectivity index is 2.33. The monoisotopic (exact) mass is 381 g/mol. The van der Waals surface area contributed by atoms with E-state index in [9.17, 15) is 9.90 Å². The molecule has 0 bridgehead atoms. The normalized spacial score (nSPS) is 10.4. The maximum absolute atomic E-state index is 12.3. The third kappa shape index (κ3) is 2.80. The number of phenolic OH excluding ortho intramolecular Hbond substituents is 1. The summed E-state index contributed by atoms with van der Waals surface area (Å²) in [6, 6.07) is 9.24. The molecule has 2 aromatic rings. The summed E-state index contributed by atoms with van der Waals surface area (Å²) in [7, 11) is 0. The van der Waals surface area contributed by atoms with Gasteiger partial charge in [0.2, 0.25) is 0 Å². The number of aromatic hydroxyl groups is 1. The minimum absolute atomic E-state index is 0.163. The molecule has 2 aromatic carbocycles. The van der Waals surface area contributed by atoms with Crippen LogP contribution in [0.2, 0.25) is 0 Å². The molecule has 0 unspecified atom stereocenters. The number of amides is 1. The van der Waals surface area contributed by atoms with Gasteiger partial charge in [0.15, 0.2) is 0 Å². The van der Waals surface area contributed by atoms with Gasteiger partial charge in [-0.2, -0.15) is 0 Å². The van der Waals surface area contributed by atoms with Crippen LogP contribution in [0.1, 0.15) is 27.0 Å². The van der Waals surface area contributed by atoms with Crippen LogP contribution in [0.5, 0.6) is 5.75 Å². The first-order valence-electron chi connectivity index (χ1n) is 6.27. The van der Waals surface area contributed by atoms with Crippen molar-refractivity contribution in [3.8, 4) is 5.75 Å². The summed E-state index contributed by atoms with van der Waals surface area (Å²) in [5, 5.41) is 12.8. The van der Waals surface area contributed by atoms with Crippen LogP contribution in [-0.4, -0.2) is 11.0 Å². The van der Waals surface area contributed by atoms with Crippen LogP contribution in [-0.2, 0) is 0 Å². The highest BCUT2D eigenvalue weighted by Gasteiger charge is 2.14. The summed E-state index contributed by atoms with van der Waals surface area (Å²) in [5.74, 6) is 0.0613. The lowest BCUT2D eigenvalue weighted by atomic mass is 10.1. The number of anilines is 1. The van der Waals surface area contributed by atoms with E-state index in [4.69, 9.17) is 0 Å². The first kappa shape index (κ1) is 14.8. The van der Waals surface area contributed by atoms with Crippen molar-refractivity contribution in [2.45, 2.75) is 20.8 Å². The lowest BCUT2D eigenvalue weighted by molar-refractivity contribution is 0.102.